The van der Waals surface area contributed by atoms with Crippen LogP contribution in [-0.2, 0) is 11.3 Å². The number of aryl methyl sites for hydroxylation is 2. The zero-order valence-electron chi connectivity index (χ0n) is 12.0. The van der Waals surface area contributed by atoms with Crippen molar-refractivity contribution in [2.75, 3.05) is 0 Å². The molecule has 1 N–H and O–H groups in total. The van der Waals surface area contributed by atoms with E-state index >= 15 is 0 Å². The zero-order valence-corrected chi connectivity index (χ0v) is 12.0. The number of unbranched alkanes of at least 4 members (excludes halogenated alkanes) is 5. The van der Waals surface area contributed by atoms with Gasteiger partial charge in [0.15, 0.2) is 0 Å². The molecule has 104 valence electrons. The van der Waals surface area contributed by atoms with Gasteiger partial charge >= 0.3 is 0 Å². The molecular formula is C15H27NO2. The van der Waals surface area contributed by atoms with E-state index in [1.807, 2.05) is 0 Å². The predicted octanol–water partition coefficient (Wildman–Crippen LogP) is 4.25. The minimum Gasteiger partial charge on any atom is -0.481 e. The number of carbonyl (C=O) groups is 1. The van der Waals surface area contributed by atoms with E-state index in [4.69, 9.17) is 9.90 Å². The highest BCUT2D eigenvalue weighted by molar-refractivity contribution is 5.62. The smallest absolute Gasteiger partial charge is 0.300 e. The summed E-state index contributed by atoms with van der Waals surface area (Å²) in [5.74, 6) is -0.833. The molecule has 3 heteroatoms. The Morgan fingerprint density at radius 1 is 1.22 bits per heavy atom. The van der Waals surface area contributed by atoms with E-state index in [0.29, 0.717) is 0 Å². The van der Waals surface area contributed by atoms with Crippen molar-refractivity contribution in [2.24, 2.45) is 0 Å². The van der Waals surface area contributed by atoms with Crippen LogP contribution in [0.4, 0.5) is 0 Å². The van der Waals surface area contributed by atoms with Crippen LogP contribution in [-0.4, -0.2) is 15.6 Å². The van der Waals surface area contributed by atoms with Crippen LogP contribution in [0.5, 0.6) is 0 Å². The second-order valence-electron chi connectivity index (χ2n) is 4.71. The first-order chi connectivity index (χ1) is 8.56. The molecule has 0 saturated heterocycles. The van der Waals surface area contributed by atoms with Gasteiger partial charge in [0.1, 0.15) is 0 Å². The quantitative estimate of drug-likeness (QED) is 0.738. The molecule has 18 heavy (non-hydrogen) atoms. The predicted molar refractivity (Wildman–Crippen MR) is 75.9 cm³/mol. The third-order valence-electron chi connectivity index (χ3n) is 2.67. The van der Waals surface area contributed by atoms with Crippen molar-refractivity contribution >= 4 is 5.97 Å². The van der Waals surface area contributed by atoms with Gasteiger partial charge in [-0.05, 0) is 25.0 Å². The van der Waals surface area contributed by atoms with Gasteiger partial charge in [-0.3, -0.25) is 4.79 Å². The largest absolute Gasteiger partial charge is 0.481 e. The molecule has 0 saturated carbocycles. The normalized spacial score (nSPS) is 9.72. The van der Waals surface area contributed by atoms with Gasteiger partial charge < -0.3 is 9.67 Å². The average molecular weight is 253 g/mol. The lowest BCUT2D eigenvalue weighted by atomic mass is 10.1. The molecule has 1 aromatic rings. The second-order valence-corrected chi connectivity index (χ2v) is 4.71. The summed E-state index contributed by atoms with van der Waals surface area (Å²) in [6, 6.07) is 2.18. The fraction of sp³-hybridized carbons (Fsp3) is 0.667. The molecule has 3 nitrogen and oxygen atoms in total. The highest BCUT2D eigenvalue weighted by Gasteiger charge is 1.93. The van der Waals surface area contributed by atoms with Gasteiger partial charge in [-0.15, -0.1) is 0 Å². The van der Waals surface area contributed by atoms with Crippen molar-refractivity contribution in [2.45, 2.75) is 65.8 Å². The first kappa shape index (κ1) is 16.8. The molecular weight excluding hydrogens is 226 g/mol. The maximum Gasteiger partial charge on any atom is 0.300 e. The summed E-state index contributed by atoms with van der Waals surface area (Å²) >= 11 is 0. The average Bonchev–Trinajstić information content (AvgIpc) is 2.69. The Bertz CT molecular complexity index is 314. The van der Waals surface area contributed by atoms with Gasteiger partial charge in [0.2, 0.25) is 0 Å². The molecule has 0 atom stereocenters. The van der Waals surface area contributed by atoms with E-state index < -0.39 is 5.97 Å². The fourth-order valence-electron chi connectivity index (χ4n) is 1.77. The Morgan fingerprint density at radius 3 is 2.28 bits per heavy atom. The van der Waals surface area contributed by atoms with Crippen molar-refractivity contribution < 1.29 is 9.90 Å². The highest BCUT2D eigenvalue weighted by atomic mass is 16.4. The molecule has 0 aliphatic heterocycles. The molecule has 1 rings (SSSR count). The Kier molecular flexibility index (Phi) is 10.1. The van der Waals surface area contributed by atoms with Gasteiger partial charge in [0, 0.05) is 25.9 Å². The molecule has 0 radical (unpaired) electrons. The number of hydrogen-bond donors (Lipinski definition) is 1. The van der Waals surface area contributed by atoms with E-state index in [9.17, 15) is 0 Å². The first-order valence-corrected chi connectivity index (χ1v) is 6.88. The summed E-state index contributed by atoms with van der Waals surface area (Å²) in [5.41, 5.74) is 1.37. The third kappa shape index (κ3) is 11.2. The minimum absolute atomic E-state index is 0.833. The fourth-order valence-corrected chi connectivity index (χ4v) is 1.77. The van der Waals surface area contributed by atoms with Crippen LogP contribution in [0.2, 0.25) is 0 Å². The molecule has 0 bridgehead atoms. The van der Waals surface area contributed by atoms with E-state index in [1.165, 1.54) is 50.6 Å². The number of aliphatic carboxylic acids is 1. The molecule has 0 unspecified atom stereocenters. The third-order valence-corrected chi connectivity index (χ3v) is 2.67. The lowest BCUT2D eigenvalue weighted by molar-refractivity contribution is -0.134. The number of nitrogens with zero attached hydrogens (tertiary/aromatic N) is 1. The standard InChI is InChI=1S/C13H23N.C2H4O2/c1-3-4-5-6-7-8-10-14-11-9-13(2)12-14;1-2(3)4/h9,11-12H,3-8,10H2,1-2H3;1H3,(H,3,4). The lowest BCUT2D eigenvalue weighted by Crippen LogP contribution is -1.93. The number of carboxylic acids is 1. The zero-order chi connectivity index (χ0) is 13.8. The van der Waals surface area contributed by atoms with Crippen LogP contribution in [0.25, 0.3) is 0 Å². The van der Waals surface area contributed by atoms with Gasteiger partial charge in [-0.1, -0.05) is 39.0 Å². The van der Waals surface area contributed by atoms with Crippen LogP contribution in [0.15, 0.2) is 18.5 Å². The summed E-state index contributed by atoms with van der Waals surface area (Å²) in [5, 5.41) is 7.42. The summed E-state index contributed by atoms with van der Waals surface area (Å²) in [4.78, 5) is 9.00. The molecule has 0 aliphatic rings. The molecule has 0 aliphatic carbocycles. The number of rotatable bonds is 7. The van der Waals surface area contributed by atoms with Crippen LogP contribution in [0.3, 0.4) is 0 Å². The summed E-state index contributed by atoms with van der Waals surface area (Å²) in [6.45, 7) is 6.69. The number of carboxylic acid groups (broad SMARTS) is 1. The Balaban J connectivity index is 0.000000631. The monoisotopic (exact) mass is 253 g/mol. The van der Waals surface area contributed by atoms with Gasteiger partial charge in [-0.25, -0.2) is 0 Å². The second kappa shape index (κ2) is 10.9. The lowest BCUT2D eigenvalue weighted by Gasteiger charge is -2.02. The maximum absolute atomic E-state index is 9.00. The summed E-state index contributed by atoms with van der Waals surface area (Å²) in [6.07, 6.45) is 12.7. The molecule has 0 spiro atoms. The highest BCUT2D eigenvalue weighted by Crippen LogP contribution is 2.07. The van der Waals surface area contributed by atoms with Gasteiger partial charge in [0.05, 0.1) is 0 Å². The summed E-state index contributed by atoms with van der Waals surface area (Å²) < 4.78 is 2.30. The van der Waals surface area contributed by atoms with Crippen molar-refractivity contribution in [1.29, 1.82) is 0 Å². The number of aromatic nitrogens is 1. The van der Waals surface area contributed by atoms with E-state index in [2.05, 4.69) is 36.9 Å². The first-order valence-electron chi connectivity index (χ1n) is 6.88. The van der Waals surface area contributed by atoms with E-state index in [0.717, 1.165) is 6.92 Å². The molecule has 0 aromatic carbocycles. The topological polar surface area (TPSA) is 42.2 Å². The van der Waals surface area contributed by atoms with Crippen LogP contribution in [0.1, 0.15) is 57.9 Å². The minimum atomic E-state index is -0.833. The Morgan fingerprint density at radius 2 is 1.78 bits per heavy atom. The number of hydrogen-bond acceptors (Lipinski definition) is 1. The molecule has 0 amide bonds. The molecule has 0 fully saturated rings. The van der Waals surface area contributed by atoms with Crippen molar-refractivity contribution in [1.82, 2.24) is 4.57 Å². The molecule has 1 aromatic heterocycles. The van der Waals surface area contributed by atoms with Crippen molar-refractivity contribution in [3.05, 3.63) is 24.0 Å². The maximum atomic E-state index is 9.00. The summed E-state index contributed by atoms with van der Waals surface area (Å²) in [7, 11) is 0. The Labute approximate surface area is 111 Å². The van der Waals surface area contributed by atoms with Crippen LogP contribution >= 0.6 is 0 Å². The van der Waals surface area contributed by atoms with Crippen molar-refractivity contribution in [3.63, 3.8) is 0 Å². The van der Waals surface area contributed by atoms with Crippen LogP contribution < -0.4 is 0 Å². The van der Waals surface area contributed by atoms with Gasteiger partial charge in [0.25, 0.3) is 5.97 Å². The Hall–Kier alpha value is -1.25. The van der Waals surface area contributed by atoms with E-state index in [1.54, 1.807) is 0 Å². The van der Waals surface area contributed by atoms with E-state index in [-0.39, 0.29) is 0 Å². The van der Waals surface area contributed by atoms with Crippen molar-refractivity contribution in [3.8, 4) is 0 Å². The van der Waals surface area contributed by atoms with Gasteiger partial charge in [-0.2, -0.15) is 0 Å². The SMILES string of the molecule is CC(=O)O.CCCCCCCCn1ccc(C)c1. The molecule has 1 heterocycles. The van der Waals surface area contributed by atoms with Crippen LogP contribution in [0, 0.1) is 6.92 Å².